The van der Waals surface area contributed by atoms with E-state index in [0.717, 1.165) is 0 Å². The molecule has 0 spiro atoms. The number of nitrogens with one attached hydrogen (secondary N) is 3. The van der Waals surface area contributed by atoms with Gasteiger partial charge in [0.2, 0.25) is 18.2 Å². The van der Waals surface area contributed by atoms with Crippen molar-refractivity contribution in [3.63, 3.8) is 0 Å². The van der Waals surface area contributed by atoms with Crippen molar-refractivity contribution in [1.82, 2.24) is 10.9 Å². The van der Waals surface area contributed by atoms with Gasteiger partial charge in [-0.3, -0.25) is 14.4 Å². The summed E-state index contributed by atoms with van der Waals surface area (Å²) in [5, 5.41) is 5.45. The number of anilines is 3. The van der Waals surface area contributed by atoms with Crippen molar-refractivity contribution < 1.29 is 14.4 Å². The first kappa shape index (κ1) is 17.8. The lowest BCUT2D eigenvalue weighted by atomic mass is 10.2. The summed E-state index contributed by atoms with van der Waals surface area (Å²) < 4.78 is 0. The van der Waals surface area contributed by atoms with Crippen LogP contribution in [0.2, 0.25) is 0 Å². The van der Waals surface area contributed by atoms with Crippen LogP contribution in [0.5, 0.6) is 0 Å². The summed E-state index contributed by atoms with van der Waals surface area (Å²) in [6, 6.07) is 15.8. The summed E-state index contributed by atoms with van der Waals surface area (Å²) in [4.78, 5) is 33.8. The molecular formula is C17H19N5O3. The number of carbonyl (C=O) groups is 3. The maximum atomic E-state index is 11.6. The highest BCUT2D eigenvalue weighted by atomic mass is 16.2. The summed E-state index contributed by atoms with van der Waals surface area (Å²) >= 11 is 0. The molecule has 0 aliphatic heterocycles. The molecule has 0 heterocycles. The normalized spacial score (nSPS) is 9.68. The Morgan fingerprint density at radius 2 is 1.44 bits per heavy atom. The molecule has 25 heavy (non-hydrogen) atoms. The third-order valence-electron chi connectivity index (χ3n) is 3.07. The number of carbonyl (C=O) groups excluding carboxylic acids is 3. The van der Waals surface area contributed by atoms with E-state index in [4.69, 9.17) is 0 Å². The Bertz CT molecular complexity index is 734. The molecule has 0 saturated heterocycles. The van der Waals surface area contributed by atoms with Gasteiger partial charge in [-0.2, -0.15) is 10.2 Å². The van der Waals surface area contributed by atoms with Crippen molar-refractivity contribution in [1.29, 1.82) is 0 Å². The molecule has 0 aliphatic rings. The molecule has 0 radical (unpaired) electrons. The second-order valence-electron chi connectivity index (χ2n) is 5.10. The molecule has 3 N–H and O–H groups in total. The van der Waals surface area contributed by atoms with E-state index < -0.39 is 0 Å². The van der Waals surface area contributed by atoms with Gasteiger partial charge in [0.15, 0.2) is 0 Å². The average Bonchev–Trinajstić information content (AvgIpc) is 2.59. The summed E-state index contributed by atoms with van der Waals surface area (Å²) in [6.45, 7) is 2.78. The first-order chi connectivity index (χ1) is 12.0. The van der Waals surface area contributed by atoms with E-state index in [1.165, 1.54) is 24.1 Å². The SMILES string of the molecule is CC(=O)Nc1ccc(N(NC(C)=O)N(NC=O)c2ccccc2)cc1. The molecule has 0 saturated carbocycles. The fourth-order valence-corrected chi connectivity index (χ4v) is 2.14. The van der Waals surface area contributed by atoms with Gasteiger partial charge in [0.1, 0.15) is 0 Å². The zero-order valence-corrected chi connectivity index (χ0v) is 13.9. The van der Waals surface area contributed by atoms with Crippen LogP contribution in [-0.2, 0) is 14.4 Å². The fourth-order valence-electron chi connectivity index (χ4n) is 2.14. The lowest BCUT2D eigenvalue weighted by Gasteiger charge is -2.36. The van der Waals surface area contributed by atoms with Gasteiger partial charge in [-0.25, -0.2) is 10.9 Å². The predicted molar refractivity (Wildman–Crippen MR) is 95.2 cm³/mol. The second-order valence-corrected chi connectivity index (χ2v) is 5.10. The topological polar surface area (TPSA) is 93.8 Å². The van der Waals surface area contributed by atoms with Crippen molar-refractivity contribution in [3.05, 3.63) is 54.6 Å². The van der Waals surface area contributed by atoms with Crippen LogP contribution in [0.1, 0.15) is 13.8 Å². The number of para-hydroxylation sites is 1. The van der Waals surface area contributed by atoms with Gasteiger partial charge >= 0.3 is 0 Å². The first-order valence-corrected chi connectivity index (χ1v) is 7.51. The predicted octanol–water partition coefficient (Wildman–Crippen LogP) is 1.59. The van der Waals surface area contributed by atoms with Gasteiger partial charge in [-0.15, -0.1) is 0 Å². The Morgan fingerprint density at radius 3 is 1.96 bits per heavy atom. The molecule has 3 amide bonds. The van der Waals surface area contributed by atoms with Gasteiger partial charge < -0.3 is 5.32 Å². The first-order valence-electron chi connectivity index (χ1n) is 7.51. The number of rotatable bonds is 7. The van der Waals surface area contributed by atoms with E-state index in [9.17, 15) is 14.4 Å². The van der Waals surface area contributed by atoms with E-state index in [1.807, 2.05) is 6.07 Å². The van der Waals surface area contributed by atoms with E-state index in [-0.39, 0.29) is 11.8 Å². The number of hydrazine groups is 3. The minimum atomic E-state index is -0.320. The van der Waals surface area contributed by atoms with Gasteiger partial charge in [0.05, 0.1) is 11.4 Å². The highest BCUT2D eigenvalue weighted by Gasteiger charge is 2.18. The molecule has 0 bridgehead atoms. The van der Waals surface area contributed by atoms with Gasteiger partial charge in [0.25, 0.3) is 0 Å². The van der Waals surface area contributed by atoms with Crippen molar-refractivity contribution >= 4 is 35.3 Å². The minimum absolute atomic E-state index is 0.181. The number of nitrogens with zero attached hydrogens (tertiary/aromatic N) is 2. The van der Waals surface area contributed by atoms with Gasteiger partial charge in [0, 0.05) is 19.5 Å². The largest absolute Gasteiger partial charge is 0.326 e. The smallest absolute Gasteiger partial charge is 0.236 e. The summed E-state index contributed by atoms with van der Waals surface area (Å²) in [5.41, 5.74) is 7.02. The Kier molecular flexibility index (Phi) is 5.94. The fraction of sp³-hybridized carbons (Fsp3) is 0.118. The van der Waals surface area contributed by atoms with Crippen LogP contribution < -0.4 is 26.4 Å². The zero-order chi connectivity index (χ0) is 18.2. The molecule has 8 nitrogen and oxygen atoms in total. The second kappa shape index (κ2) is 8.34. The van der Waals surface area contributed by atoms with E-state index >= 15 is 0 Å². The van der Waals surface area contributed by atoms with E-state index in [0.29, 0.717) is 23.5 Å². The molecule has 0 aromatic heterocycles. The maximum Gasteiger partial charge on any atom is 0.236 e. The highest BCUT2D eigenvalue weighted by Crippen LogP contribution is 2.21. The van der Waals surface area contributed by atoms with Crippen molar-refractivity contribution in [2.24, 2.45) is 0 Å². The lowest BCUT2D eigenvalue weighted by Crippen LogP contribution is -2.59. The molecule has 0 atom stereocenters. The molecule has 0 aliphatic carbocycles. The quantitative estimate of drug-likeness (QED) is 0.525. The van der Waals surface area contributed by atoms with Gasteiger partial charge in [-0.05, 0) is 36.4 Å². The maximum absolute atomic E-state index is 11.6. The standard InChI is InChI=1S/C17H19N5O3/c1-13(24)19-15-8-10-17(11-9-15)22(20-14(2)25)21(18-12-23)16-6-4-3-5-7-16/h3-12H,1-2H3,(H,18,23)(H,19,24)(H,20,25). The zero-order valence-electron chi connectivity index (χ0n) is 13.9. The van der Waals surface area contributed by atoms with Crippen LogP contribution in [0.15, 0.2) is 54.6 Å². The Morgan fingerprint density at radius 1 is 0.840 bits per heavy atom. The van der Waals surface area contributed by atoms with Crippen LogP contribution in [0.3, 0.4) is 0 Å². The molecule has 2 aromatic rings. The number of amides is 3. The Labute approximate surface area is 145 Å². The van der Waals surface area contributed by atoms with Crippen LogP contribution in [-0.4, -0.2) is 18.2 Å². The number of hydrogen-bond acceptors (Lipinski definition) is 5. The van der Waals surface area contributed by atoms with Crippen molar-refractivity contribution in [2.45, 2.75) is 13.8 Å². The molecule has 0 fully saturated rings. The number of hydrogen-bond donors (Lipinski definition) is 3. The van der Waals surface area contributed by atoms with Gasteiger partial charge in [-0.1, -0.05) is 18.2 Å². The molecule has 2 aromatic carbocycles. The van der Waals surface area contributed by atoms with E-state index in [2.05, 4.69) is 16.2 Å². The summed E-state index contributed by atoms with van der Waals surface area (Å²) in [5.74, 6) is -0.500. The van der Waals surface area contributed by atoms with Crippen molar-refractivity contribution in [3.8, 4) is 0 Å². The molecule has 8 heteroatoms. The number of benzene rings is 2. The Balaban J connectivity index is 2.37. The lowest BCUT2D eigenvalue weighted by molar-refractivity contribution is -0.119. The minimum Gasteiger partial charge on any atom is -0.326 e. The monoisotopic (exact) mass is 341 g/mol. The van der Waals surface area contributed by atoms with Crippen LogP contribution in [0, 0.1) is 0 Å². The summed E-state index contributed by atoms with van der Waals surface area (Å²) in [6.07, 6.45) is 0.507. The molecule has 130 valence electrons. The van der Waals surface area contributed by atoms with Crippen LogP contribution in [0.25, 0.3) is 0 Å². The van der Waals surface area contributed by atoms with Crippen LogP contribution >= 0.6 is 0 Å². The van der Waals surface area contributed by atoms with Crippen LogP contribution in [0.4, 0.5) is 17.1 Å². The average molecular weight is 341 g/mol. The van der Waals surface area contributed by atoms with E-state index in [1.54, 1.807) is 48.5 Å². The highest BCUT2D eigenvalue weighted by molar-refractivity contribution is 5.89. The van der Waals surface area contributed by atoms with Crippen molar-refractivity contribution in [2.75, 3.05) is 15.6 Å². The third kappa shape index (κ3) is 4.96. The Hall–Kier alpha value is -3.55. The molecule has 2 rings (SSSR count). The third-order valence-corrected chi connectivity index (χ3v) is 3.07. The molecular weight excluding hydrogens is 322 g/mol. The molecule has 0 unspecified atom stereocenters. The summed E-state index contributed by atoms with van der Waals surface area (Å²) in [7, 11) is 0.